The van der Waals surface area contributed by atoms with Crippen LogP contribution in [0.15, 0.2) is 42.5 Å². The molecule has 2 heterocycles. The molecule has 3 aromatic rings. The van der Waals surface area contributed by atoms with Crippen molar-refractivity contribution in [2.45, 2.75) is 6.42 Å². The molecule has 0 amide bonds. The van der Waals surface area contributed by atoms with Crippen LogP contribution in [0.4, 0.5) is 5.82 Å². The number of hydrogen-bond acceptors (Lipinski definition) is 3. The maximum atomic E-state index is 4.51. The molecule has 0 saturated carbocycles. The quantitative estimate of drug-likeness (QED) is 0.737. The highest BCUT2D eigenvalue weighted by molar-refractivity contribution is 5.72. The van der Waals surface area contributed by atoms with E-state index < -0.39 is 0 Å². The highest BCUT2D eigenvalue weighted by Crippen LogP contribution is 2.14. The molecule has 0 spiro atoms. The van der Waals surface area contributed by atoms with Crippen molar-refractivity contribution in [1.29, 1.82) is 0 Å². The van der Waals surface area contributed by atoms with Crippen LogP contribution in [0.5, 0.6) is 0 Å². The first-order chi connectivity index (χ1) is 8.85. The van der Waals surface area contributed by atoms with Gasteiger partial charge in [0.25, 0.3) is 0 Å². The molecular formula is C14H14N4. The van der Waals surface area contributed by atoms with E-state index in [2.05, 4.69) is 32.4 Å². The number of hydrogen-bond donors (Lipinski definition) is 2. The molecule has 18 heavy (non-hydrogen) atoms. The molecule has 3 rings (SSSR count). The molecule has 0 bridgehead atoms. The lowest BCUT2D eigenvalue weighted by Gasteiger charge is -1.95. The first-order valence-corrected chi connectivity index (χ1v) is 5.92. The average molecular weight is 238 g/mol. The summed E-state index contributed by atoms with van der Waals surface area (Å²) in [5.41, 5.74) is 2.97. The minimum absolute atomic E-state index is 0.757. The normalized spacial score (nSPS) is 10.7. The zero-order chi connectivity index (χ0) is 12.4. The number of aromatic nitrogens is 3. The van der Waals surface area contributed by atoms with Gasteiger partial charge in [0.2, 0.25) is 0 Å². The molecule has 2 N–H and O–H groups in total. The van der Waals surface area contributed by atoms with Gasteiger partial charge in [-0.15, -0.1) is 0 Å². The minimum Gasteiger partial charge on any atom is -0.373 e. The molecule has 0 saturated heterocycles. The third-order valence-corrected chi connectivity index (χ3v) is 2.87. The first-order valence-electron chi connectivity index (χ1n) is 5.92. The summed E-state index contributed by atoms with van der Waals surface area (Å²) in [5, 5.41) is 3.01. The zero-order valence-electron chi connectivity index (χ0n) is 10.1. The maximum Gasteiger partial charge on any atom is 0.179 e. The van der Waals surface area contributed by atoms with Gasteiger partial charge in [-0.05, 0) is 17.7 Å². The molecule has 0 radical (unpaired) electrons. The van der Waals surface area contributed by atoms with Crippen LogP contribution in [0.25, 0.3) is 11.2 Å². The summed E-state index contributed by atoms with van der Waals surface area (Å²) in [6.07, 6.45) is 0.798. The van der Waals surface area contributed by atoms with E-state index in [1.807, 2.05) is 37.4 Å². The number of aromatic amines is 1. The van der Waals surface area contributed by atoms with Crippen LogP contribution in [-0.2, 0) is 6.42 Å². The van der Waals surface area contributed by atoms with Crippen LogP contribution < -0.4 is 5.32 Å². The Kier molecular flexibility index (Phi) is 2.68. The van der Waals surface area contributed by atoms with Crippen molar-refractivity contribution in [1.82, 2.24) is 15.0 Å². The van der Waals surface area contributed by atoms with E-state index in [4.69, 9.17) is 0 Å². The van der Waals surface area contributed by atoms with E-state index in [1.165, 1.54) is 5.56 Å². The Bertz CT molecular complexity index is 658. The van der Waals surface area contributed by atoms with Gasteiger partial charge in [-0.1, -0.05) is 30.3 Å². The fourth-order valence-corrected chi connectivity index (χ4v) is 1.95. The van der Waals surface area contributed by atoms with Crippen LogP contribution in [0, 0.1) is 0 Å². The number of pyridine rings is 1. The Morgan fingerprint density at radius 2 is 1.89 bits per heavy atom. The van der Waals surface area contributed by atoms with Gasteiger partial charge in [0, 0.05) is 13.5 Å². The molecule has 4 nitrogen and oxygen atoms in total. The van der Waals surface area contributed by atoms with Crippen LogP contribution >= 0.6 is 0 Å². The lowest BCUT2D eigenvalue weighted by Crippen LogP contribution is -1.91. The second-order valence-corrected chi connectivity index (χ2v) is 4.16. The Morgan fingerprint density at radius 3 is 2.67 bits per heavy atom. The standard InChI is InChI=1S/C14H14N4/c1-15-12-8-7-11-14(17-12)18-13(16-11)9-10-5-3-2-4-6-10/h2-8H,9H2,1H3,(H2,15,16,17,18). The van der Waals surface area contributed by atoms with E-state index in [9.17, 15) is 0 Å². The number of nitrogens with one attached hydrogen (secondary N) is 2. The zero-order valence-corrected chi connectivity index (χ0v) is 10.1. The number of H-pyrrole nitrogens is 1. The van der Waals surface area contributed by atoms with Gasteiger partial charge in [0.1, 0.15) is 11.6 Å². The molecule has 4 heteroatoms. The largest absolute Gasteiger partial charge is 0.373 e. The smallest absolute Gasteiger partial charge is 0.179 e. The van der Waals surface area contributed by atoms with Crippen molar-refractivity contribution in [3.8, 4) is 0 Å². The van der Waals surface area contributed by atoms with Crippen LogP contribution in [0.3, 0.4) is 0 Å². The van der Waals surface area contributed by atoms with Crippen molar-refractivity contribution in [3.05, 3.63) is 53.9 Å². The fraction of sp³-hybridized carbons (Fsp3) is 0.143. The van der Waals surface area contributed by atoms with Crippen LogP contribution in [-0.4, -0.2) is 22.0 Å². The Labute approximate surface area is 105 Å². The monoisotopic (exact) mass is 238 g/mol. The van der Waals surface area contributed by atoms with E-state index in [1.54, 1.807) is 0 Å². The fourth-order valence-electron chi connectivity index (χ4n) is 1.95. The summed E-state index contributed by atoms with van der Waals surface area (Å²) in [7, 11) is 1.85. The maximum absolute atomic E-state index is 4.51. The SMILES string of the molecule is CNc1ccc2[nH]c(Cc3ccccc3)nc2n1. The summed E-state index contributed by atoms with van der Waals surface area (Å²) in [4.78, 5) is 12.2. The molecule has 0 aliphatic heterocycles. The summed E-state index contributed by atoms with van der Waals surface area (Å²) in [5.74, 6) is 1.78. The average Bonchev–Trinajstić information content (AvgIpc) is 2.80. The number of nitrogens with zero attached hydrogens (tertiary/aromatic N) is 2. The Morgan fingerprint density at radius 1 is 1.06 bits per heavy atom. The summed E-state index contributed by atoms with van der Waals surface area (Å²) in [6.45, 7) is 0. The van der Waals surface area contributed by atoms with Crippen LogP contribution in [0.2, 0.25) is 0 Å². The van der Waals surface area contributed by atoms with Crippen molar-refractivity contribution in [2.75, 3.05) is 12.4 Å². The van der Waals surface area contributed by atoms with E-state index in [0.29, 0.717) is 0 Å². The van der Waals surface area contributed by atoms with Gasteiger partial charge in [-0.2, -0.15) is 0 Å². The van der Waals surface area contributed by atoms with Gasteiger partial charge in [-0.3, -0.25) is 0 Å². The van der Waals surface area contributed by atoms with Crippen molar-refractivity contribution < 1.29 is 0 Å². The number of anilines is 1. The molecule has 0 aliphatic carbocycles. The van der Waals surface area contributed by atoms with Crippen molar-refractivity contribution in [3.63, 3.8) is 0 Å². The molecule has 90 valence electrons. The molecule has 0 atom stereocenters. The molecule has 0 unspecified atom stereocenters. The van der Waals surface area contributed by atoms with E-state index in [0.717, 1.165) is 29.2 Å². The lowest BCUT2D eigenvalue weighted by molar-refractivity contribution is 1.03. The topological polar surface area (TPSA) is 53.6 Å². The summed E-state index contributed by atoms with van der Waals surface area (Å²) in [6, 6.07) is 14.2. The van der Waals surface area contributed by atoms with Gasteiger partial charge in [-0.25, -0.2) is 9.97 Å². The second kappa shape index (κ2) is 4.49. The predicted molar refractivity (Wildman–Crippen MR) is 72.7 cm³/mol. The first kappa shape index (κ1) is 10.8. The van der Waals surface area contributed by atoms with Gasteiger partial charge < -0.3 is 10.3 Å². The summed E-state index contributed by atoms with van der Waals surface area (Å²) < 4.78 is 0. The van der Waals surface area contributed by atoms with E-state index >= 15 is 0 Å². The number of imidazole rings is 1. The second-order valence-electron chi connectivity index (χ2n) is 4.16. The number of benzene rings is 1. The highest BCUT2D eigenvalue weighted by atomic mass is 15.0. The Balaban J connectivity index is 1.94. The molecule has 2 aromatic heterocycles. The molecule has 0 fully saturated rings. The Hall–Kier alpha value is -2.36. The van der Waals surface area contributed by atoms with Crippen LogP contribution in [0.1, 0.15) is 11.4 Å². The van der Waals surface area contributed by atoms with Gasteiger partial charge in [0.15, 0.2) is 5.65 Å². The third-order valence-electron chi connectivity index (χ3n) is 2.87. The summed E-state index contributed by atoms with van der Waals surface area (Å²) >= 11 is 0. The van der Waals surface area contributed by atoms with Gasteiger partial charge in [0.05, 0.1) is 5.52 Å². The highest BCUT2D eigenvalue weighted by Gasteiger charge is 2.05. The minimum atomic E-state index is 0.757. The third kappa shape index (κ3) is 2.05. The molecule has 0 aliphatic rings. The number of fused-ring (bicyclic) bond motifs is 1. The number of rotatable bonds is 3. The van der Waals surface area contributed by atoms with Crippen molar-refractivity contribution in [2.24, 2.45) is 0 Å². The molecular weight excluding hydrogens is 224 g/mol. The van der Waals surface area contributed by atoms with E-state index in [-0.39, 0.29) is 0 Å². The predicted octanol–water partition coefficient (Wildman–Crippen LogP) is 2.59. The molecule has 1 aromatic carbocycles. The van der Waals surface area contributed by atoms with Crippen molar-refractivity contribution >= 4 is 17.0 Å². The lowest BCUT2D eigenvalue weighted by atomic mass is 10.1. The van der Waals surface area contributed by atoms with Gasteiger partial charge >= 0.3 is 0 Å².